The molecule has 2 heterocycles. The Morgan fingerprint density at radius 1 is 1.50 bits per heavy atom. The third-order valence-corrected chi connectivity index (χ3v) is 3.88. The molecular formula is C11H17ClF3N3OS. The van der Waals surface area contributed by atoms with E-state index in [0.29, 0.717) is 31.2 Å². The van der Waals surface area contributed by atoms with Crippen LogP contribution in [0.1, 0.15) is 15.6 Å². The first-order valence-electron chi connectivity index (χ1n) is 5.97. The third kappa shape index (κ3) is 4.29. The average Bonchev–Trinajstić information content (AvgIpc) is 2.70. The van der Waals surface area contributed by atoms with Gasteiger partial charge in [0.05, 0.1) is 22.6 Å². The molecule has 1 unspecified atom stereocenters. The van der Waals surface area contributed by atoms with Crippen molar-refractivity contribution in [2.45, 2.75) is 25.7 Å². The molecule has 1 saturated heterocycles. The number of rotatable bonds is 3. The van der Waals surface area contributed by atoms with Gasteiger partial charge in [0.1, 0.15) is 0 Å². The Labute approximate surface area is 125 Å². The van der Waals surface area contributed by atoms with Gasteiger partial charge in [-0.1, -0.05) is 0 Å². The number of nitrogens with two attached hydrogens (primary N) is 1. The van der Waals surface area contributed by atoms with E-state index in [9.17, 15) is 13.2 Å². The number of morpholine rings is 1. The van der Waals surface area contributed by atoms with Crippen molar-refractivity contribution < 1.29 is 17.9 Å². The molecule has 116 valence electrons. The number of aryl methyl sites for hydroxylation is 1. The maximum Gasteiger partial charge on any atom is 0.434 e. The summed E-state index contributed by atoms with van der Waals surface area (Å²) in [6.07, 6.45) is -4.49. The van der Waals surface area contributed by atoms with Gasteiger partial charge in [-0.25, -0.2) is 4.98 Å². The zero-order valence-corrected chi connectivity index (χ0v) is 12.6. The van der Waals surface area contributed by atoms with Crippen LogP contribution in [0.15, 0.2) is 0 Å². The summed E-state index contributed by atoms with van der Waals surface area (Å²) in [5, 5.41) is 0.436. The fraction of sp³-hybridized carbons (Fsp3) is 0.727. The Bertz CT molecular complexity index is 441. The van der Waals surface area contributed by atoms with Crippen molar-refractivity contribution in [2.24, 2.45) is 5.73 Å². The standard InChI is InChI=1S/C11H16F3N3OS.ClH/c1-7-16-10(11(12,13)14)9(19-7)6-17-2-3-18-8(4-15)5-17;/h8H,2-6,15H2,1H3;1H. The van der Waals surface area contributed by atoms with Crippen LogP contribution in [0.2, 0.25) is 0 Å². The monoisotopic (exact) mass is 331 g/mol. The van der Waals surface area contributed by atoms with Gasteiger partial charge in [-0.15, -0.1) is 23.7 Å². The lowest BCUT2D eigenvalue weighted by atomic mass is 10.2. The summed E-state index contributed by atoms with van der Waals surface area (Å²) < 4.78 is 43.9. The first kappa shape index (κ1) is 17.6. The SMILES string of the molecule is Cc1nc(C(F)(F)F)c(CN2CCOC(CN)C2)s1.Cl. The van der Waals surface area contributed by atoms with E-state index in [4.69, 9.17) is 10.5 Å². The highest BCUT2D eigenvalue weighted by Crippen LogP contribution is 2.34. The molecule has 4 nitrogen and oxygen atoms in total. The summed E-state index contributed by atoms with van der Waals surface area (Å²) in [4.78, 5) is 5.80. The number of aromatic nitrogens is 1. The molecule has 1 aliphatic heterocycles. The highest BCUT2D eigenvalue weighted by molar-refractivity contribution is 7.11. The van der Waals surface area contributed by atoms with Crippen molar-refractivity contribution >= 4 is 23.7 Å². The molecule has 9 heteroatoms. The number of hydrogen-bond acceptors (Lipinski definition) is 5. The maximum absolute atomic E-state index is 12.8. The van der Waals surface area contributed by atoms with Crippen LogP contribution in [-0.4, -0.2) is 42.2 Å². The molecule has 0 bridgehead atoms. The highest BCUT2D eigenvalue weighted by atomic mass is 35.5. The van der Waals surface area contributed by atoms with Gasteiger partial charge in [0.25, 0.3) is 0 Å². The molecule has 1 fully saturated rings. The first-order valence-corrected chi connectivity index (χ1v) is 6.79. The fourth-order valence-electron chi connectivity index (χ4n) is 2.07. The van der Waals surface area contributed by atoms with Gasteiger partial charge in [-0.05, 0) is 6.92 Å². The number of nitrogens with zero attached hydrogens (tertiary/aromatic N) is 2. The third-order valence-electron chi connectivity index (χ3n) is 2.93. The molecule has 0 saturated carbocycles. The summed E-state index contributed by atoms with van der Waals surface area (Å²) in [6, 6.07) is 0. The van der Waals surface area contributed by atoms with Crippen molar-refractivity contribution in [2.75, 3.05) is 26.2 Å². The number of ether oxygens (including phenoxy) is 1. The Kier molecular flexibility index (Phi) is 6.21. The zero-order valence-electron chi connectivity index (χ0n) is 10.9. The summed E-state index contributed by atoms with van der Waals surface area (Å²) in [5.74, 6) is 0. The second kappa shape index (κ2) is 7.04. The maximum atomic E-state index is 12.8. The lowest BCUT2D eigenvalue weighted by molar-refractivity contribution is -0.141. The van der Waals surface area contributed by atoms with E-state index in [0.717, 1.165) is 11.3 Å². The molecule has 1 atom stereocenters. The number of hydrogen-bond donors (Lipinski definition) is 1. The predicted octanol–water partition coefficient (Wildman–Crippen LogP) is 2.05. The molecule has 0 radical (unpaired) electrons. The summed E-state index contributed by atoms with van der Waals surface area (Å²) in [5.41, 5.74) is 4.76. The molecule has 2 rings (SSSR count). The van der Waals surface area contributed by atoms with E-state index in [1.54, 1.807) is 6.92 Å². The molecule has 0 aromatic carbocycles. The van der Waals surface area contributed by atoms with Crippen molar-refractivity contribution in [1.82, 2.24) is 9.88 Å². The minimum Gasteiger partial charge on any atom is -0.374 e. The van der Waals surface area contributed by atoms with Crippen LogP contribution in [0.5, 0.6) is 0 Å². The van der Waals surface area contributed by atoms with Gasteiger partial charge >= 0.3 is 6.18 Å². The van der Waals surface area contributed by atoms with E-state index in [2.05, 4.69) is 4.98 Å². The molecule has 1 aliphatic rings. The van der Waals surface area contributed by atoms with Crippen LogP contribution >= 0.6 is 23.7 Å². The van der Waals surface area contributed by atoms with Crippen LogP contribution in [0, 0.1) is 6.92 Å². The lowest BCUT2D eigenvalue weighted by Crippen LogP contribution is -2.45. The van der Waals surface area contributed by atoms with E-state index in [1.165, 1.54) is 0 Å². The van der Waals surface area contributed by atoms with Crippen molar-refractivity contribution in [1.29, 1.82) is 0 Å². The molecule has 0 amide bonds. The molecule has 1 aromatic rings. The summed E-state index contributed by atoms with van der Waals surface area (Å²) >= 11 is 1.10. The molecule has 0 spiro atoms. The van der Waals surface area contributed by atoms with Crippen LogP contribution in [0.4, 0.5) is 13.2 Å². The van der Waals surface area contributed by atoms with E-state index < -0.39 is 11.9 Å². The topological polar surface area (TPSA) is 51.4 Å². The fourth-order valence-corrected chi connectivity index (χ4v) is 3.07. The largest absolute Gasteiger partial charge is 0.434 e. The van der Waals surface area contributed by atoms with Gasteiger partial charge in [0.15, 0.2) is 5.69 Å². The number of alkyl halides is 3. The Morgan fingerprint density at radius 3 is 2.80 bits per heavy atom. The van der Waals surface area contributed by atoms with Crippen LogP contribution in [0.3, 0.4) is 0 Å². The summed E-state index contributed by atoms with van der Waals surface area (Å²) in [7, 11) is 0. The lowest BCUT2D eigenvalue weighted by Gasteiger charge is -2.32. The normalized spacial score (nSPS) is 20.8. The second-order valence-electron chi connectivity index (χ2n) is 4.47. The van der Waals surface area contributed by atoms with Crippen molar-refractivity contribution in [3.63, 3.8) is 0 Å². The van der Waals surface area contributed by atoms with Crippen LogP contribution in [-0.2, 0) is 17.5 Å². The smallest absolute Gasteiger partial charge is 0.374 e. The van der Waals surface area contributed by atoms with Gasteiger partial charge < -0.3 is 10.5 Å². The van der Waals surface area contributed by atoms with Crippen LogP contribution < -0.4 is 5.73 Å². The molecule has 2 N–H and O–H groups in total. The van der Waals surface area contributed by atoms with Gasteiger partial charge in [-0.2, -0.15) is 13.2 Å². The van der Waals surface area contributed by atoms with Gasteiger partial charge in [0.2, 0.25) is 0 Å². The van der Waals surface area contributed by atoms with E-state index >= 15 is 0 Å². The first-order chi connectivity index (χ1) is 8.90. The molecular weight excluding hydrogens is 315 g/mol. The van der Waals surface area contributed by atoms with Crippen molar-refractivity contribution in [3.05, 3.63) is 15.6 Å². The Hall–Kier alpha value is -0.410. The average molecular weight is 332 g/mol. The number of thiazole rings is 1. The quantitative estimate of drug-likeness (QED) is 0.921. The molecule has 1 aromatic heterocycles. The minimum absolute atomic E-state index is 0. The molecule has 20 heavy (non-hydrogen) atoms. The second-order valence-corrected chi connectivity index (χ2v) is 5.75. The Balaban J connectivity index is 0.00000200. The predicted molar refractivity (Wildman–Crippen MR) is 73.2 cm³/mol. The zero-order chi connectivity index (χ0) is 14.0. The molecule has 0 aliphatic carbocycles. The van der Waals surface area contributed by atoms with Crippen LogP contribution in [0.25, 0.3) is 0 Å². The van der Waals surface area contributed by atoms with E-state index in [-0.39, 0.29) is 29.9 Å². The van der Waals surface area contributed by atoms with Gasteiger partial charge in [-0.3, -0.25) is 4.90 Å². The Morgan fingerprint density at radius 2 is 2.20 bits per heavy atom. The number of halogens is 4. The highest BCUT2D eigenvalue weighted by Gasteiger charge is 2.37. The summed E-state index contributed by atoms with van der Waals surface area (Å²) in [6.45, 7) is 3.90. The van der Waals surface area contributed by atoms with E-state index in [1.807, 2.05) is 4.90 Å². The minimum atomic E-state index is -4.39. The van der Waals surface area contributed by atoms with Gasteiger partial charge in [0, 0.05) is 26.2 Å². The van der Waals surface area contributed by atoms with Crippen molar-refractivity contribution in [3.8, 4) is 0 Å².